The van der Waals surface area contributed by atoms with Crippen molar-refractivity contribution in [2.75, 3.05) is 6.61 Å². The lowest BCUT2D eigenvalue weighted by molar-refractivity contribution is 0.318. The van der Waals surface area contributed by atoms with Gasteiger partial charge in [0, 0.05) is 11.8 Å². The fourth-order valence-corrected chi connectivity index (χ4v) is 1.59. The van der Waals surface area contributed by atoms with Crippen LogP contribution in [0.2, 0.25) is 0 Å². The molecule has 0 atom stereocenters. The van der Waals surface area contributed by atoms with Crippen LogP contribution >= 0.6 is 0 Å². The van der Waals surface area contributed by atoms with E-state index in [0.29, 0.717) is 23.6 Å². The highest BCUT2D eigenvalue weighted by Gasteiger charge is 2.05. The Hall–Kier alpha value is -2.36. The predicted octanol–water partition coefficient (Wildman–Crippen LogP) is 3.68. The molecule has 2 aromatic carbocycles. The first-order valence-electron chi connectivity index (χ1n) is 5.95. The average molecular weight is 259 g/mol. The Morgan fingerprint density at radius 1 is 1.21 bits per heavy atom. The molecular formula is C15H14FNO2. The molecule has 98 valence electrons. The molecule has 0 aliphatic rings. The van der Waals surface area contributed by atoms with Gasteiger partial charge in [0.2, 0.25) is 0 Å². The fraction of sp³-hybridized carbons (Fsp3) is 0.133. The van der Waals surface area contributed by atoms with Crippen LogP contribution in [0.25, 0.3) is 0 Å². The molecule has 2 aromatic rings. The highest BCUT2D eigenvalue weighted by Crippen LogP contribution is 2.29. The number of hydrogen-bond donors (Lipinski definition) is 1. The highest BCUT2D eigenvalue weighted by atomic mass is 19.1. The molecule has 0 aliphatic heterocycles. The second-order valence-electron chi connectivity index (χ2n) is 3.86. The molecule has 0 heterocycles. The zero-order valence-electron chi connectivity index (χ0n) is 10.5. The third-order valence-corrected chi connectivity index (χ3v) is 2.51. The minimum absolute atomic E-state index is 0.0511. The molecule has 0 amide bonds. The smallest absolute Gasteiger partial charge is 0.166 e. The number of aromatic hydroxyl groups is 1. The zero-order valence-corrected chi connectivity index (χ0v) is 10.5. The maximum atomic E-state index is 12.7. The number of aliphatic imine (C=N–C) groups is 1. The summed E-state index contributed by atoms with van der Waals surface area (Å²) in [7, 11) is 0. The average Bonchev–Trinajstić information content (AvgIpc) is 2.42. The first-order valence-corrected chi connectivity index (χ1v) is 5.95. The fourth-order valence-electron chi connectivity index (χ4n) is 1.59. The number of benzene rings is 2. The molecular weight excluding hydrogens is 245 g/mol. The van der Waals surface area contributed by atoms with E-state index >= 15 is 0 Å². The van der Waals surface area contributed by atoms with E-state index in [1.165, 1.54) is 18.3 Å². The maximum absolute atomic E-state index is 12.7. The molecule has 0 unspecified atom stereocenters. The molecule has 19 heavy (non-hydrogen) atoms. The summed E-state index contributed by atoms with van der Waals surface area (Å²) in [5.74, 6) is 0.168. The quantitative estimate of drug-likeness (QED) is 0.851. The van der Waals surface area contributed by atoms with Crippen LogP contribution in [0.4, 0.5) is 10.1 Å². The van der Waals surface area contributed by atoms with Gasteiger partial charge in [-0.3, -0.25) is 4.99 Å². The van der Waals surface area contributed by atoms with Crippen LogP contribution in [0, 0.1) is 5.82 Å². The van der Waals surface area contributed by atoms with Crippen molar-refractivity contribution in [3.05, 3.63) is 53.8 Å². The van der Waals surface area contributed by atoms with E-state index in [1.807, 2.05) is 6.92 Å². The largest absolute Gasteiger partial charge is 0.504 e. The Bertz CT molecular complexity index is 579. The normalized spacial score (nSPS) is 10.8. The monoisotopic (exact) mass is 259 g/mol. The van der Waals surface area contributed by atoms with E-state index in [2.05, 4.69) is 4.99 Å². The van der Waals surface area contributed by atoms with E-state index < -0.39 is 0 Å². The number of nitrogens with zero attached hydrogens (tertiary/aromatic N) is 1. The summed E-state index contributed by atoms with van der Waals surface area (Å²) < 4.78 is 18.0. The molecule has 0 radical (unpaired) electrons. The van der Waals surface area contributed by atoms with Crippen molar-refractivity contribution in [2.45, 2.75) is 6.92 Å². The van der Waals surface area contributed by atoms with Crippen LogP contribution < -0.4 is 4.74 Å². The molecule has 0 bridgehead atoms. The summed E-state index contributed by atoms with van der Waals surface area (Å²) in [4.78, 5) is 4.17. The lowest BCUT2D eigenvalue weighted by atomic mass is 10.2. The van der Waals surface area contributed by atoms with Crippen molar-refractivity contribution >= 4 is 11.9 Å². The molecule has 0 aromatic heterocycles. The van der Waals surface area contributed by atoms with E-state index in [4.69, 9.17) is 4.74 Å². The van der Waals surface area contributed by atoms with Gasteiger partial charge in [-0.2, -0.15) is 0 Å². The number of rotatable bonds is 4. The summed E-state index contributed by atoms with van der Waals surface area (Å²) in [5, 5.41) is 9.97. The predicted molar refractivity (Wildman–Crippen MR) is 72.9 cm³/mol. The van der Waals surface area contributed by atoms with Gasteiger partial charge in [0.15, 0.2) is 11.5 Å². The van der Waals surface area contributed by atoms with Crippen molar-refractivity contribution in [2.24, 2.45) is 4.99 Å². The first kappa shape index (κ1) is 13.1. The van der Waals surface area contributed by atoms with Gasteiger partial charge < -0.3 is 9.84 Å². The second-order valence-corrected chi connectivity index (χ2v) is 3.86. The number of ether oxygens (including phenoxy) is 1. The summed E-state index contributed by atoms with van der Waals surface area (Å²) in [6, 6.07) is 11.0. The zero-order chi connectivity index (χ0) is 13.7. The second kappa shape index (κ2) is 6.00. The van der Waals surface area contributed by atoms with Crippen LogP contribution in [0.1, 0.15) is 12.5 Å². The van der Waals surface area contributed by atoms with Gasteiger partial charge in [-0.25, -0.2) is 4.39 Å². The third-order valence-electron chi connectivity index (χ3n) is 2.51. The Balaban J connectivity index is 2.23. The van der Waals surface area contributed by atoms with Gasteiger partial charge in [-0.15, -0.1) is 0 Å². The highest BCUT2D eigenvalue weighted by molar-refractivity contribution is 5.86. The number of phenols is 1. The first-order chi connectivity index (χ1) is 9.20. The molecule has 3 nitrogen and oxygen atoms in total. The lowest BCUT2D eigenvalue weighted by Gasteiger charge is -2.07. The van der Waals surface area contributed by atoms with Gasteiger partial charge in [-0.05, 0) is 43.3 Å². The maximum Gasteiger partial charge on any atom is 0.166 e. The Kier molecular flexibility index (Phi) is 4.13. The lowest BCUT2D eigenvalue weighted by Crippen LogP contribution is -1.93. The minimum Gasteiger partial charge on any atom is -0.504 e. The molecule has 1 N–H and O–H groups in total. The minimum atomic E-state index is -0.305. The number of hydrogen-bond acceptors (Lipinski definition) is 3. The topological polar surface area (TPSA) is 41.8 Å². The SMILES string of the molecule is CCOc1cccc(C=Nc2ccc(F)cc2)c1O. The van der Waals surface area contributed by atoms with Gasteiger partial charge >= 0.3 is 0 Å². The number of halogens is 1. The molecule has 0 fully saturated rings. The number of phenolic OH excluding ortho intramolecular Hbond substituents is 1. The van der Waals surface area contributed by atoms with Crippen LogP contribution in [0.5, 0.6) is 11.5 Å². The van der Waals surface area contributed by atoms with Crippen LogP contribution in [0.15, 0.2) is 47.5 Å². The van der Waals surface area contributed by atoms with Crippen molar-refractivity contribution in [3.8, 4) is 11.5 Å². The van der Waals surface area contributed by atoms with E-state index in [1.54, 1.807) is 30.3 Å². The van der Waals surface area contributed by atoms with Gasteiger partial charge in [0.05, 0.1) is 12.3 Å². The van der Waals surface area contributed by atoms with Crippen molar-refractivity contribution < 1.29 is 14.2 Å². The summed E-state index contributed by atoms with van der Waals surface area (Å²) in [6.07, 6.45) is 1.52. The van der Waals surface area contributed by atoms with Crippen molar-refractivity contribution in [1.82, 2.24) is 0 Å². The van der Waals surface area contributed by atoms with E-state index in [9.17, 15) is 9.50 Å². The summed E-state index contributed by atoms with van der Waals surface area (Å²) in [5.41, 5.74) is 1.16. The molecule has 2 rings (SSSR count). The Morgan fingerprint density at radius 2 is 1.95 bits per heavy atom. The van der Waals surface area contributed by atoms with Crippen LogP contribution in [-0.2, 0) is 0 Å². The molecule has 0 saturated heterocycles. The van der Waals surface area contributed by atoms with Crippen molar-refractivity contribution in [1.29, 1.82) is 0 Å². The Morgan fingerprint density at radius 3 is 2.63 bits per heavy atom. The summed E-state index contributed by atoms with van der Waals surface area (Å²) in [6.45, 7) is 2.32. The summed E-state index contributed by atoms with van der Waals surface area (Å²) >= 11 is 0. The molecule has 0 spiro atoms. The molecule has 0 saturated carbocycles. The standard InChI is InChI=1S/C15H14FNO2/c1-2-19-14-5-3-4-11(15(14)18)10-17-13-8-6-12(16)7-9-13/h3-10,18H,2H2,1H3. The third kappa shape index (κ3) is 3.31. The molecule has 0 aliphatic carbocycles. The van der Waals surface area contributed by atoms with Gasteiger partial charge in [0.1, 0.15) is 5.82 Å². The van der Waals surface area contributed by atoms with Gasteiger partial charge in [0.25, 0.3) is 0 Å². The van der Waals surface area contributed by atoms with Crippen LogP contribution in [-0.4, -0.2) is 17.9 Å². The number of para-hydroxylation sites is 1. The van der Waals surface area contributed by atoms with E-state index in [-0.39, 0.29) is 11.6 Å². The van der Waals surface area contributed by atoms with Gasteiger partial charge in [-0.1, -0.05) is 6.07 Å². The van der Waals surface area contributed by atoms with Crippen LogP contribution in [0.3, 0.4) is 0 Å². The molecule has 4 heteroatoms. The Labute approximate surface area is 111 Å². The van der Waals surface area contributed by atoms with Crippen molar-refractivity contribution in [3.63, 3.8) is 0 Å². The van der Waals surface area contributed by atoms with E-state index in [0.717, 1.165) is 0 Å².